The number of hydrogen-bond acceptors (Lipinski definition) is 4. The van der Waals surface area contributed by atoms with E-state index in [1.54, 1.807) is 0 Å². The lowest BCUT2D eigenvalue weighted by molar-refractivity contribution is -0.0129. The van der Waals surface area contributed by atoms with Crippen molar-refractivity contribution in [2.24, 2.45) is 0 Å². The van der Waals surface area contributed by atoms with Crippen LogP contribution in [-0.2, 0) is 9.47 Å². The van der Waals surface area contributed by atoms with Crippen molar-refractivity contribution in [1.29, 1.82) is 0 Å². The molecule has 4 nitrogen and oxygen atoms in total. The third-order valence-corrected chi connectivity index (χ3v) is 4.20. The fourth-order valence-electron chi connectivity index (χ4n) is 2.90. The number of rotatable bonds is 5. The van der Waals surface area contributed by atoms with E-state index in [0.717, 1.165) is 43.6 Å². The van der Waals surface area contributed by atoms with Crippen LogP contribution in [0.4, 0.5) is 0 Å². The van der Waals surface area contributed by atoms with Gasteiger partial charge >= 0.3 is 0 Å². The molecule has 1 fully saturated rings. The highest BCUT2D eigenvalue weighted by Gasteiger charge is 2.29. The number of ether oxygens (including phenoxy) is 2. The second-order valence-corrected chi connectivity index (χ2v) is 5.74. The van der Waals surface area contributed by atoms with Crippen LogP contribution in [0.5, 0.6) is 0 Å². The van der Waals surface area contributed by atoms with Crippen LogP contribution < -0.4 is 0 Å². The predicted octanol–water partition coefficient (Wildman–Crippen LogP) is 2.79. The highest BCUT2D eigenvalue weighted by Crippen LogP contribution is 2.28. The maximum atomic E-state index is 9.68. The van der Waals surface area contributed by atoms with Crippen molar-refractivity contribution in [3.05, 3.63) is 23.6 Å². The molecule has 0 aromatic carbocycles. The molecule has 1 aliphatic carbocycles. The van der Waals surface area contributed by atoms with Gasteiger partial charge in [0.2, 0.25) is 0 Å². The monoisotopic (exact) mass is 281 g/mol. The minimum absolute atomic E-state index is 0.0850. The second kappa shape index (κ2) is 7.14. The predicted molar refractivity (Wildman–Crippen MR) is 79.0 cm³/mol. The highest BCUT2D eigenvalue weighted by atomic mass is 16.5. The number of aliphatic hydroxyl groups is 1. The molecule has 2 aliphatic rings. The van der Waals surface area contributed by atoms with Gasteiger partial charge in [-0.1, -0.05) is 12.2 Å². The van der Waals surface area contributed by atoms with Crippen molar-refractivity contribution in [1.82, 2.24) is 4.90 Å². The van der Waals surface area contributed by atoms with Gasteiger partial charge in [-0.05, 0) is 39.5 Å². The van der Waals surface area contributed by atoms with Gasteiger partial charge in [0.25, 0.3) is 0 Å². The third-order valence-electron chi connectivity index (χ3n) is 4.20. The van der Waals surface area contributed by atoms with Gasteiger partial charge in [0.15, 0.2) is 6.23 Å². The Bertz CT molecular complexity index is 378. The first-order valence-electron chi connectivity index (χ1n) is 7.62. The van der Waals surface area contributed by atoms with Crippen LogP contribution in [0.25, 0.3) is 0 Å². The van der Waals surface area contributed by atoms with Gasteiger partial charge in [0.1, 0.15) is 5.76 Å². The first-order chi connectivity index (χ1) is 9.61. The Labute approximate surface area is 122 Å². The molecular formula is C16H27NO3. The normalized spacial score (nSPS) is 31.2. The molecule has 0 bridgehead atoms. The van der Waals surface area contributed by atoms with Gasteiger partial charge in [-0.3, -0.25) is 0 Å². The van der Waals surface area contributed by atoms with E-state index >= 15 is 0 Å². The fraction of sp³-hybridized carbons (Fsp3) is 0.750. The highest BCUT2D eigenvalue weighted by molar-refractivity contribution is 5.12. The zero-order valence-corrected chi connectivity index (χ0v) is 12.8. The van der Waals surface area contributed by atoms with Crippen molar-refractivity contribution in [3.8, 4) is 0 Å². The van der Waals surface area contributed by atoms with E-state index in [1.165, 1.54) is 0 Å². The van der Waals surface area contributed by atoms with E-state index in [9.17, 15) is 5.11 Å². The Morgan fingerprint density at radius 1 is 1.45 bits per heavy atom. The van der Waals surface area contributed by atoms with Crippen LogP contribution in [0, 0.1) is 0 Å². The van der Waals surface area contributed by atoms with Gasteiger partial charge in [0, 0.05) is 13.5 Å². The largest absolute Gasteiger partial charge is 0.473 e. The summed E-state index contributed by atoms with van der Waals surface area (Å²) in [6, 6.07) is 0. The van der Waals surface area contributed by atoms with Gasteiger partial charge in [-0.15, -0.1) is 0 Å². The van der Waals surface area contributed by atoms with Crippen LogP contribution in [0.15, 0.2) is 23.6 Å². The van der Waals surface area contributed by atoms with E-state index in [-0.39, 0.29) is 18.4 Å². The van der Waals surface area contributed by atoms with Crippen LogP contribution in [-0.4, -0.2) is 42.1 Å². The number of nitrogens with zero attached hydrogens (tertiary/aromatic N) is 1. The summed E-state index contributed by atoms with van der Waals surface area (Å²) in [6.45, 7) is 4.60. The molecule has 114 valence electrons. The maximum Gasteiger partial charge on any atom is 0.175 e. The lowest BCUT2D eigenvalue weighted by Crippen LogP contribution is -2.31. The fourth-order valence-corrected chi connectivity index (χ4v) is 2.90. The average Bonchev–Trinajstić information content (AvgIpc) is 2.69. The molecule has 1 saturated carbocycles. The van der Waals surface area contributed by atoms with E-state index in [1.807, 2.05) is 19.9 Å². The summed E-state index contributed by atoms with van der Waals surface area (Å²) in [5.41, 5.74) is 1.12. The standard InChI is InChI=1S/C16H27NO3/c1-4-5-9-16-17(3)15(12(2)20-16)11-19-14-8-6-7-13(18)10-14/h4-5,13-14,16,18H,6-11H2,1-3H3/b5-4-/t13-,14+,16?/m1/s1. The summed E-state index contributed by atoms with van der Waals surface area (Å²) >= 11 is 0. The summed E-state index contributed by atoms with van der Waals surface area (Å²) < 4.78 is 11.8. The van der Waals surface area contributed by atoms with Crippen molar-refractivity contribution >= 4 is 0 Å². The lowest BCUT2D eigenvalue weighted by atomic mass is 9.95. The van der Waals surface area contributed by atoms with E-state index in [0.29, 0.717) is 6.61 Å². The van der Waals surface area contributed by atoms with Crippen molar-refractivity contribution in [3.63, 3.8) is 0 Å². The van der Waals surface area contributed by atoms with E-state index < -0.39 is 0 Å². The average molecular weight is 281 g/mol. The van der Waals surface area contributed by atoms with Gasteiger partial charge in [0.05, 0.1) is 24.5 Å². The van der Waals surface area contributed by atoms with Crippen LogP contribution in [0.1, 0.15) is 46.0 Å². The molecule has 0 saturated heterocycles. The molecule has 0 aromatic rings. The smallest absolute Gasteiger partial charge is 0.175 e. The lowest BCUT2D eigenvalue weighted by Gasteiger charge is -2.27. The molecule has 0 radical (unpaired) electrons. The summed E-state index contributed by atoms with van der Waals surface area (Å²) in [6.07, 6.45) is 8.91. The third kappa shape index (κ3) is 3.76. The summed E-state index contributed by atoms with van der Waals surface area (Å²) in [5.74, 6) is 0.957. The first-order valence-corrected chi connectivity index (χ1v) is 7.62. The first kappa shape index (κ1) is 15.4. The van der Waals surface area contributed by atoms with Crippen molar-refractivity contribution in [2.45, 2.75) is 64.4 Å². The molecule has 20 heavy (non-hydrogen) atoms. The van der Waals surface area contributed by atoms with Crippen molar-refractivity contribution < 1.29 is 14.6 Å². The molecule has 1 heterocycles. The minimum Gasteiger partial charge on any atom is -0.473 e. The molecule has 0 spiro atoms. The quantitative estimate of drug-likeness (QED) is 0.787. The van der Waals surface area contributed by atoms with E-state index in [2.05, 4.69) is 18.0 Å². The molecule has 0 aromatic heterocycles. The van der Waals surface area contributed by atoms with Crippen LogP contribution in [0.2, 0.25) is 0 Å². The Morgan fingerprint density at radius 2 is 2.25 bits per heavy atom. The molecule has 0 amide bonds. The number of allylic oxidation sites excluding steroid dienone is 2. The second-order valence-electron chi connectivity index (χ2n) is 5.74. The number of likely N-dealkylation sites (N-methyl/N-ethyl adjacent to an activating group) is 1. The molecular weight excluding hydrogens is 254 g/mol. The summed E-state index contributed by atoms with van der Waals surface area (Å²) in [4.78, 5) is 2.16. The molecule has 3 atom stereocenters. The molecule has 4 heteroatoms. The summed E-state index contributed by atoms with van der Waals surface area (Å²) in [7, 11) is 2.05. The Hall–Kier alpha value is -1.00. The Morgan fingerprint density at radius 3 is 2.95 bits per heavy atom. The van der Waals surface area contributed by atoms with Gasteiger partial charge in [-0.25, -0.2) is 0 Å². The van der Waals surface area contributed by atoms with Crippen molar-refractivity contribution in [2.75, 3.05) is 13.7 Å². The van der Waals surface area contributed by atoms with Gasteiger partial charge in [-0.2, -0.15) is 0 Å². The maximum absolute atomic E-state index is 9.68. The molecule has 1 unspecified atom stereocenters. The zero-order valence-electron chi connectivity index (χ0n) is 12.8. The summed E-state index contributed by atoms with van der Waals surface area (Å²) in [5, 5.41) is 9.68. The van der Waals surface area contributed by atoms with Crippen LogP contribution in [0.3, 0.4) is 0 Å². The van der Waals surface area contributed by atoms with E-state index in [4.69, 9.17) is 9.47 Å². The van der Waals surface area contributed by atoms with Gasteiger partial charge < -0.3 is 19.5 Å². The SMILES string of the molecule is C/C=C\CC1OC(C)=C(CO[C@H]2CCC[C@@H](O)C2)N1C. The Kier molecular flexibility index (Phi) is 5.49. The molecule has 1 aliphatic heterocycles. The van der Waals surface area contributed by atoms with Crippen LogP contribution >= 0.6 is 0 Å². The minimum atomic E-state index is -0.191. The Balaban J connectivity index is 1.84. The molecule has 2 rings (SSSR count). The number of aliphatic hydroxyl groups excluding tert-OH is 1. The number of hydrogen-bond donors (Lipinski definition) is 1. The topological polar surface area (TPSA) is 41.9 Å². The molecule has 1 N–H and O–H groups in total. The zero-order chi connectivity index (χ0) is 14.5.